The zero-order valence-corrected chi connectivity index (χ0v) is 12.9. The van der Waals surface area contributed by atoms with Crippen LogP contribution in [0.3, 0.4) is 0 Å². The summed E-state index contributed by atoms with van der Waals surface area (Å²) in [6.45, 7) is 2.96. The quantitative estimate of drug-likeness (QED) is 0.625. The largest absolute Gasteiger partial charge is 0.489 e. The van der Waals surface area contributed by atoms with Crippen molar-refractivity contribution in [1.29, 1.82) is 0 Å². The normalized spacial score (nSPS) is 14.1. The van der Waals surface area contributed by atoms with Gasteiger partial charge in [-0.25, -0.2) is 0 Å². The number of carbonyl (C=O) groups excluding carboxylic acids is 1. The summed E-state index contributed by atoms with van der Waals surface area (Å²) in [6.07, 6.45) is 3.95. The molecule has 1 aromatic carbocycles. The van der Waals surface area contributed by atoms with E-state index in [-0.39, 0.29) is 5.78 Å². The van der Waals surface area contributed by atoms with E-state index in [2.05, 4.69) is 0 Å². The van der Waals surface area contributed by atoms with Crippen molar-refractivity contribution in [2.24, 2.45) is 0 Å². The highest BCUT2D eigenvalue weighted by molar-refractivity contribution is 6.32. The predicted octanol–water partition coefficient (Wildman–Crippen LogP) is 4.30. The Morgan fingerprint density at radius 3 is 2.82 bits per heavy atom. The summed E-state index contributed by atoms with van der Waals surface area (Å²) in [7, 11) is 0. The van der Waals surface area contributed by atoms with E-state index in [1.54, 1.807) is 31.2 Å². The Hall–Kier alpha value is -2.20. The van der Waals surface area contributed by atoms with Crippen molar-refractivity contribution >= 4 is 23.5 Å². The van der Waals surface area contributed by atoms with Crippen molar-refractivity contribution < 1.29 is 18.7 Å². The van der Waals surface area contributed by atoms with Crippen molar-refractivity contribution in [1.82, 2.24) is 0 Å². The number of allylic oxidation sites excluding steroid dienone is 1. The molecule has 3 rings (SSSR count). The molecule has 1 aliphatic heterocycles. The highest BCUT2D eigenvalue weighted by Gasteiger charge is 2.15. The minimum absolute atomic E-state index is 0.198. The van der Waals surface area contributed by atoms with E-state index in [0.717, 1.165) is 12.0 Å². The van der Waals surface area contributed by atoms with Crippen LogP contribution in [0.4, 0.5) is 0 Å². The summed E-state index contributed by atoms with van der Waals surface area (Å²) in [5.41, 5.74) is 0.769. The van der Waals surface area contributed by atoms with Crippen molar-refractivity contribution in [3.8, 4) is 11.5 Å². The number of rotatable bonds is 3. The van der Waals surface area contributed by atoms with Crippen LogP contribution < -0.4 is 9.47 Å². The first-order valence-corrected chi connectivity index (χ1v) is 7.39. The highest BCUT2D eigenvalue weighted by atomic mass is 35.5. The fourth-order valence-electron chi connectivity index (χ4n) is 2.17. The van der Waals surface area contributed by atoms with Crippen LogP contribution in [0.15, 0.2) is 34.8 Å². The predicted molar refractivity (Wildman–Crippen MR) is 83.9 cm³/mol. The van der Waals surface area contributed by atoms with Crippen LogP contribution in [-0.2, 0) is 0 Å². The third-order valence-corrected chi connectivity index (χ3v) is 3.52. The summed E-state index contributed by atoms with van der Waals surface area (Å²) in [5, 5.41) is 0.473. The maximum absolute atomic E-state index is 12.0. The van der Waals surface area contributed by atoms with E-state index in [0.29, 0.717) is 41.3 Å². The number of fused-ring (bicyclic) bond motifs is 1. The van der Waals surface area contributed by atoms with Gasteiger partial charge in [0, 0.05) is 6.42 Å². The van der Waals surface area contributed by atoms with Gasteiger partial charge in [-0.1, -0.05) is 17.7 Å². The van der Waals surface area contributed by atoms with Gasteiger partial charge in [0.15, 0.2) is 17.3 Å². The van der Waals surface area contributed by atoms with Crippen LogP contribution in [0.5, 0.6) is 11.5 Å². The second kappa shape index (κ2) is 6.28. The first kappa shape index (κ1) is 14.7. The van der Waals surface area contributed by atoms with Crippen LogP contribution >= 0.6 is 11.6 Å². The minimum Gasteiger partial charge on any atom is -0.489 e. The maximum Gasteiger partial charge on any atom is 0.221 e. The Balaban J connectivity index is 1.83. The molecule has 0 unspecified atom stereocenters. The molecule has 2 heterocycles. The molecule has 0 atom stereocenters. The highest BCUT2D eigenvalue weighted by Crippen LogP contribution is 2.38. The fraction of sp³-hybridized carbons (Fsp3) is 0.235. The molecule has 22 heavy (non-hydrogen) atoms. The summed E-state index contributed by atoms with van der Waals surface area (Å²) in [5.74, 6) is 1.98. The first-order valence-electron chi connectivity index (χ1n) is 7.01. The summed E-state index contributed by atoms with van der Waals surface area (Å²) < 4.78 is 16.5. The van der Waals surface area contributed by atoms with Crippen LogP contribution in [0.1, 0.15) is 28.3 Å². The molecule has 0 aliphatic carbocycles. The molecule has 0 saturated carbocycles. The van der Waals surface area contributed by atoms with Gasteiger partial charge in [0.2, 0.25) is 5.78 Å². The third kappa shape index (κ3) is 3.17. The molecule has 5 heteroatoms. The lowest BCUT2D eigenvalue weighted by molar-refractivity contribution is 0.102. The number of aryl methyl sites for hydroxylation is 1. The van der Waals surface area contributed by atoms with E-state index in [4.69, 9.17) is 25.5 Å². The molecule has 114 valence electrons. The molecule has 0 radical (unpaired) electrons. The second-order valence-electron chi connectivity index (χ2n) is 4.99. The topological polar surface area (TPSA) is 48.7 Å². The maximum atomic E-state index is 12.0. The number of hydrogen-bond donors (Lipinski definition) is 0. The number of benzene rings is 1. The molecule has 0 fully saturated rings. The SMILES string of the molecule is Cc1ccc(C(=O)/C=C/c2cc(Cl)c3c(c2)OCCCO3)o1. The second-order valence-corrected chi connectivity index (χ2v) is 5.40. The lowest BCUT2D eigenvalue weighted by Gasteiger charge is -2.09. The molecular weight excluding hydrogens is 304 g/mol. The first-order chi connectivity index (χ1) is 10.6. The Morgan fingerprint density at radius 1 is 1.23 bits per heavy atom. The molecule has 0 N–H and O–H groups in total. The number of furan rings is 1. The van der Waals surface area contributed by atoms with Gasteiger partial charge in [0.25, 0.3) is 0 Å². The van der Waals surface area contributed by atoms with Gasteiger partial charge in [-0.2, -0.15) is 0 Å². The molecular formula is C17H15ClO4. The Labute approximate surface area is 133 Å². The molecule has 4 nitrogen and oxygen atoms in total. The Bertz CT molecular complexity index is 730. The fourth-order valence-corrected chi connectivity index (χ4v) is 2.44. The lowest BCUT2D eigenvalue weighted by Crippen LogP contribution is -1.97. The average Bonchev–Trinajstić information content (AvgIpc) is 2.79. The Morgan fingerprint density at radius 2 is 2.05 bits per heavy atom. The van der Waals surface area contributed by atoms with Crippen molar-refractivity contribution in [2.75, 3.05) is 13.2 Å². The van der Waals surface area contributed by atoms with E-state index < -0.39 is 0 Å². The standard InChI is InChI=1S/C17H15ClO4/c1-11-3-6-15(22-11)14(19)5-4-12-9-13(18)17-16(10-12)20-7-2-8-21-17/h3-6,9-10H,2,7-8H2,1H3/b5-4+. The minimum atomic E-state index is -0.198. The number of hydrogen-bond acceptors (Lipinski definition) is 4. The van der Waals surface area contributed by atoms with Crippen LogP contribution in [0.2, 0.25) is 5.02 Å². The van der Waals surface area contributed by atoms with Crippen molar-refractivity contribution in [2.45, 2.75) is 13.3 Å². The van der Waals surface area contributed by atoms with Crippen molar-refractivity contribution in [3.63, 3.8) is 0 Å². The third-order valence-electron chi connectivity index (χ3n) is 3.23. The van der Waals surface area contributed by atoms with Gasteiger partial charge in [-0.15, -0.1) is 0 Å². The molecule has 0 spiro atoms. The van der Waals surface area contributed by atoms with Crippen LogP contribution in [-0.4, -0.2) is 19.0 Å². The van der Waals surface area contributed by atoms with E-state index in [9.17, 15) is 4.79 Å². The summed E-state index contributed by atoms with van der Waals surface area (Å²) >= 11 is 6.21. The summed E-state index contributed by atoms with van der Waals surface area (Å²) in [4.78, 5) is 12.0. The zero-order valence-electron chi connectivity index (χ0n) is 12.1. The monoisotopic (exact) mass is 318 g/mol. The number of carbonyl (C=O) groups is 1. The zero-order chi connectivity index (χ0) is 15.5. The van der Waals surface area contributed by atoms with E-state index >= 15 is 0 Å². The lowest BCUT2D eigenvalue weighted by atomic mass is 10.1. The van der Waals surface area contributed by atoms with Gasteiger partial charge in [0.05, 0.1) is 18.2 Å². The van der Waals surface area contributed by atoms with Gasteiger partial charge < -0.3 is 13.9 Å². The summed E-state index contributed by atoms with van der Waals surface area (Å²) in [6, 6.07) is 6.96. The molecule has 1 aromatic heterocycles. The molecule has 0 bridgehead atoms. The van der Waals surface area contributed by atoms with E-state index in [1.807, 2.05) is 6.07 Å². The molecule has 1 aliphatic rings. The van der Waals surface area contributed by atoms with Gasteiger partial charge in [-0.05, 0) is 42.8 Å². The smallest absolute Gasteiger partial charge is 0.221 e. The number of ether oxygens (including phenoxy) is 2. The van der Waals surface area contributed by atoms with E-state index in [1.165, 1.54) is 6.08 Å². The van der Waals surface area contributed by atoms with Crippen LogP contribution in [0.25, 0.3) is 6.08 Å². The van der Waals surface area contributed by atoms with Gasteiger partial charge in [-0.3, -0.25) is 4.79 Å². The molecule has 0 amide bonds. The van der Waals surface area contributed by atoms with Crippen LogP contribution in [0, 0.1) is 6.92 Å². The number of ketones is 1. The molecule has 0 saturated heterocycles. The number of halogens is 1. The Kier molecular flexibility index (Phi) is 4.20. The molecule has 2 aromatic rings. The van der Waals surface area contributed by atoms with Crippen molar-refractivity contribution in [3.05, 3.63) is 52.4 Å². The average molecular weight is 319 g/mol. The van der Waals surface area contributed by atoms with Gasteiger partial charge >= 0.3 is 0 Å². The van der Waals surface area contributed by atoms with Gasteiger partial charge in [0.1, 0.15) is 5.76 Å².